The summed E-state index contributed by atoms with van der Waals surface area (Å²) in [4.78, 5) is 28.5. The van der Waals surface area contributed by atoms with Crippen LogP contribution >= 0.6 is 0 Å². The highest BCUT2D eigenvalue weighted by atomic mass is 16.6. The zero-order valence-corrected chi connectivity index (χ0v) is 11.6. The second-order valence-electron chi connectivity index (χ2n) is 5.08. The smallest absolute Gasteiger partial charge is 0.300 e. The zero-order chi connectivity index (χ0) is 14.9. The molecule has 0 radical (unpaired) electrons. The summed E-state index contributed by atoms with van der Waals surface area (Å²) in [6.07, 6.45) is 3.73. The van der Waals surface area contributed by atoms with Crippen molar-refractivity contribution >= 4 is 17.4 Å². The summed E-state index contributed by atoms with van der Waals surface area (Å²) in [5, 5.41) is 11.0. The van der Waals surface area contributed by atoms with E-state index in [-0.39, 0.29) is 35.1 Å². The summed E-state index contributed by atoms with van der Waals surface area (Å²) in [6.45, 7) is 3.97. The molecule has 0 bridgehead atoms. The van der Waals surface area contributed by atoms with E-state index in [1.165, 1.54) is 6.07 Å². The molecule has 108 valence electrons. The fourth-order valence-corrected chi connectivity index (χ4v) is 2.76. The van der Waals surface area contributed by atoms with Gasteiger partial charge in [0, 0.05) is 12.1 Å². The van der Waals surface area contributed by atoms with Crippen molar-refractivity contribution in [1.29, 1.82) is 0 Å². The molecule has 2 atom stereocenters. The number of hydrogen-bond acceptors (Lipinski definition) is 5. The van der Waals surface area contributed by atoms with Crippen LogP contribution in [0.3, 0.4) is 0 Å². The quantitative estimate of drug-likeness (QED) is 0.672. The van der Waals surface area contributed by atoms with Gasteiger partial charge in [0.05, 0.1) is 4.92 Å². The van der Waals surface area contributed by atoms with Gasteiger partial charge in [0.2, 0.25) is 0 Å². The third kappa shape index (κ3) is 2.43. The van der Waals surface area contributed by atoms with Crippen molar-refractivity contribution in [2.45, 2.75) is 45.2 Å². The Hall–Kier alpha value is -2.18. The van der Waals surface area contributed by atoms with Crippen LogP contribution in [0.5, 0.6) is 0 Å². The standard InChI is InChI=1S/C13H18N4O3/c1-3-9-5-4-8(2)16(9)13(18)10-6-12(14)15-7-11(10)17(19)20/h6-9H,3-5H2,1-2H3,(H2,14,15). The molecule has 0 spiro atoms. The molecule has 2 unspecified atom stereocenters. The van der Waals surface area contributed by atoms with Crippen LogP contribution in [0, 0.1) is 10.1 Å². The Morgan fingerprint density at radius 2 is 2.30 bits per heavy atom. The van der Waals surface area contributed by atoms with Crippen molar-refractivity contribution in [2.75, 3.05) is 5.73 Å². The van der Waals surface area contributed by atoms with Gasteiger partial charge in [0.25, 0.3) is 11.6 Å². The number of nitro groups is 1. The van der Waals surface area contributed by atoms with Crippen LogP contribution in [0.15, 0.2) is 12.3 Å². The van der Waals surface area contributed by atoms with Crippen molar-refractivity contribution in [3.8, 4) is 0 Å². The molecule has 1 aromatic rings. The Kier molecular flexibility index (Phi) is 3.87. The number of rotatable bonds is 3. The molecule has 20 heavy (non-hydrogen) atoms. The maximum atomic E-state index is 12.6. The van der Waals surface area contributed by atoms with Crippen molar-refractivity contribution in [2.24, 2.45) is 0 Å². The fourth-order valence-electron chi connectivity index (χ4n) is 2.76. The third-order valence-corrected chi connectivity index (χ3v) is 3.82. The predicted molar refractivity (Wildman–Crippen MR) is 74.2 cm³/mol. The summed E-state index contributed by atoms with van der Waals surface area (Å²) >= 11 is 0. The number of nitrogen functional groups attached to an aromatic ring is 1. The van der Waals surface area contributed by atoms with Gasteiger partial charge in [-0.05, 0) is 32.3 Å². The molecule has 2 N–H and O–H groups in total. The molecule has 7 nitrogen and oxygen atoms in total. The van der Waals surface area contributed by atoms with Gasteiger partial charge < -0.3 is 10.6 Å². The molecule has 7 heteroatoms. The van der Waals surface area contributed by atoms with Crippen LogP contribution in [0.25, 0.3) is 0 Å². The lowest BCUT2D eigenvalue weighted by atomic mass is 10.1. The molecule has 1 amide bonds. The Labute approximate surface area is 116 Å². The highest BCUT2D eigenvalue weighted by Gasteiger charge is 2.36. The molecule has 2 rings (SSSR count). The average Bonchev–Trinajstić information content (AvgIpc) is 2.78. The molecule has 1 aliphatic rings. The first-order valence-corrected chi connectivity index (χ1v) is 6.68. The number of nitrogens with two attached hydrogens (primary N) is 1. The maximum absolute atomic E-state index is 12.6. The number of anilines is 1. The van der Waals surface area contributed by atoms with Crippen LogP contribution in [-0.4, -0.2) is 32.8 Å². The van der Waals surface area contributed by atoms with Gasteiger partial charge in [0.1, 0.15) is 17.6 Å². The van der Waals surface area contributed by atoms with E-state index in [1.807, 2.05) is 13.8 Å². The summed E-state index contributed by atoms with van der Waals surface area (Å²) in [6, 6.07) is 1.51. The van der Waals surface area contributed by atoms with Crippen LogP contribution in [0.4, 0.5) is 11.5 Å². The van der Waals surface area contributed by atoms with E-state index in [0.29, 0.717) is 0 Å². The van der Waals surface area contributed by atoms with Gasteiger partial charge in [-0.2, -0.15) is 0 Å². The summed E-state index contributed by atoms with van der Waals surface area (Å²) in [7, 11) is 0. The molecule has 1 saturated heterocycles. The van der Waals surface area contributed by atoms with Gasteiger partial charge >= 0.3 is 0 Å². The van der Waals surface area contributed by atoms with Crippen LogP contribution < -0.4 is 5.73 Å². The monoisotopic (exact) mass is 278 g/mol. The summed E-state index contributed by atoms with van der Waals surface area (Å²) < 4.78 is 0. The zero-order valence-electron chi connectivity index (χ0n) is 11.6. The molecule has 0 aromatic carbocycles. The lowest BCUT2D eigenvalue weighted by Gasteiger charge is -2.27. The molecular weight excluding hydrogens is 260 g/mol. The highest BCUT2D eigenvalue weighted by molar-refractivity contribution is 5.99. The van der Waals surface area contributed by atoms with E-state index in [0.717, 1.165) is 25.5 Å². The summed E-state index contributed by atoms with van der Waals surface area (Å²) in [5.41, 5.74) is 5.29. The number of nitrogens with zero attached hydrogens (tertiary/aromatic N) is 3. The maximum Gasteiger partial charge on any atom is 0.300 e. The second kappa shape index (κ2) is 5.44. The third-order valence-electron chi connectivity index (χ3n) is 3.82. The van der Waals surface area contributed by atoms with Crippen LogP contribution in [0.1, 0.15) is 43.5 Å². The minimum atomic E-state index is -0.596. The van der Waals surface area contributed by atoms with Gasteiger partial charge in [-0.3, -0.25) is 14.9 Å². The minimum Gasteiger partial charge on any atom is -0.384 e. The van der Waals surface area contributed by atoms with E-state index in [4.69, 9.17) is 5.73 Å². The SMILES string of the molecule is CCC1CCC(C)N1C(=O)c1cc(N)ncc1[N+](=O)[O-]. The van der Waals surface area contributed by atoms with E-state index in [9.17, 15) is 14.9 Å². The van der Waals surface area contributed by atoms with Crippen molar-refractivity contribution < 1.29 is 9.72 Å². The predicted octanol–water partition coefficient (Wildman–Crippen LogP) is 1.98. The fraction of sp³-hybridized carbons (Fsp3) is 0.538. The number of aromatic nitrogens is 1. The van der Waals surface area contributed by atoms with E-state index >= 15 is 0 Å². The molecule has 1 aromatic heterocycles. The van der Waals surface area contributed by atoms with Gasteiger partial charge in [-0.15, -0.1) is 0 Å². The minimum absolute atomic E-state index is 0.0229. The van der Waals surface area contributed by atoms with Crippen LogP contribution in [0.2, 0.25) is 0 Å². The number of hydrogen-bond donors (Lipinski definition) is 1. The second-order valence-corrected chi connectivity index (χ2v) is 5.08. The Bertz CT molecular complexity index is 546. The number of likely N-dealkylation sites (tertiary alicyclic amines) is 1. The van der Waals surface area contributed by atoms with E-state index < -0.39 is 4.92 Å². The molecule has 1 fully saturated rings. The number of pyridine rings is 1. The molecule has 0 aliphatic carbocycles. The Balaban J connectivity index is 2.42. The normalized spacial score (nSPS) is 22.0. The number of carbonyl (C=O) groups excluding carboxylic acids is 1. The van der Waals surface area contributed by atoms with Crippen molar-refractivity contribution in [3.63, 3.8) is 0 Å². The number of carbonyl (C=O) groups is 1. The van der Waals surface area contributed by atoms with Gasteiger partial charge in [-0.1, -0.05) is 6.92 Å². The molecule has 0 saturated carbocycles. The Morgan fingerprint density at radius 3 is 2.90 bits per heavy atom. The van der Waals surface area contributed by atoms with Gasteiger partial charge in [0.15, 0.2) is 0 Å². The van der Waals surface area contributed by atoms with Gasteiger partial charge in [-0.25, -0.2) is 4.98 Å². The largest absolute Gasteiger partial charge is 0.384 e. The first-order chi connectivity index (χ1) is 9.45. The molecule has 2 heterocycles. The van der Waals surface area contributed by atoms with E-state index in [1.54, 1.807) is 4.90 Å². The summed E-state index contributed by atoms with van der Waals surface area (Å²) in [5.74, 6) is -0.221. The first-order valence-electron chi connectivity index (χ1n) is 6.68. The first kappa shape index (κ1) is 14.2. The van der Waals surface area contributed by atoms with Crippen LogP contribution in [-0.2, 0) is 0 Å². The topological polar surface area (TPSA) is 102 Å². The van der Waals surface area contributed by atoms with Crippen molar-refractivity contribution in [3.05, 3.63) is 27.9 Å². The number of amides is 1. The van der Waals surface area contributed by atoms with Crippen molar-refractivity contribution in [1.82, 2.24) is 9.88 Å². The average molecular weight is 278 g/mol. The molecular formula is C13H18N4O3. The Morgan fingerprint density at radius 1 is 1.60 bits per heavy atom. The highest BCUT2D eigenvalue weighted by Crippen LogP contribution is 2.30. The van der Waals surface area contributed by atoms with E-state index in [2.05, 4.69) is 4.98 Å². The molecule has 1 aliphatic heterocycles. The lowest BCUT2D eigenvalue weighted by molar-refractivity contribution is -0.385. The lowest BCUT2D eigenvalue weighted by Crippen LogP contribution is -2.40.